The van der Waals surface area contributed by atoms with Gasteiger partial charge in [0.25, 0.3) is 0 Å². The van der Waals surface area contributed by atoms with E-state index in [-0.39, 0.29) is 13.2 Å². The van der Waals surface area contributed by atoms with Gasteiger partial charge in [0.2, 0.25) is 0 Å². The molecular formula is C9H22N2O5. The highest BCUT2D eigenvalue weighted by Gasteiger charge is 2.09. The Morgan fingerprint density at radius 3 is 1.94 bits per heavy atom. The highest BCUT2D eigenvalue weighted by molar-refractivity contribution is 5.72. The van der Waals surface area contributed by atoms with E-state index >= 15 is 0 Å². The number of carboxylic acid groups (broad SMARTS) is 1. The minimum atomic E-state index is -0.954. The molecule has 1 unspecified atom stereocenters. The van der Waals surface area contributed by atoms with Crippen LogP contribution in [-0.2, 0) is 4.79 Å². The van der Waals surface area contributed by atoms with Gasteiger partial charge in [0.15, 0.2) is 0 Å². The number of hydrogen-bond donors (Lipinski definition) is 6. The van der Waals surface area contributed by atoms with Crippen molar-refractivity contribution in [1.82, 2.24) is 0 Å². The molecule has 0 aromatic rings. The minimum Gasteiger partial charge on any atom is -0.480 e. The lowest BCUT2D eigenvalue weighted by atomic mass is 10.1. The molecule has 8 N–H and O–H groups in total. The summed E-state index contributed by atoms with van der Waals surface area (Å²) < 4.78 is 0. The van der Waals surface area contributed by atoms with E-state index in [1.54, 1.807) is 0 Å². The molecule has 0 spiro atoms. The number of rotatable bonds is 7. The number of unbranched alkanes of at least 4 members (excludes halogenated alkanes) is 1. The Labute approximate surface area is 94.7 Å². The summed E-state index contributed by atoms with van der Waals surface area (Å²) in [6.45, 7) is -0.126. The van der Waals surface area contributed by atoms with E-state index in [0.717, 1.165) is 12.8 Å². The summed E-state index contributed by atoms with van der Waals surface area (Å²) in [5.41, 5.74) is 10.4. The fourth-order valence-corrected chi connectivity index (χ4v) is 0.690. The van der Waals surface area contributed by atoms with Crippen molar-refractivity contribution in [3.05, 3.63) is 0 Å². The SMILES string of the molecule is NCCCCC(N)C(=O)O.OCC(O)CO. The lowest BCUT2D eigenvalue weighted by molar-refractivity contribution is -0.138. The van der Waals surface area contributed by atoms with Gasteiger partial charge in [-0.15, -0.1) is 0 Å². The molecule has 16 heavy (non-hydrogen) atoms. The highest BCUT2D eigenvalue weighted by Crippen LogP contribution is 1.96. The van der Waals surface area contributed by atoms with Crippen LogP contribution in [0.25, 0.3) is 0 Å². The van der Waals surface area contributed by atoms with Crippen LogP contribution in [0.2, 0.25) is 0 Å². The molecule has 0 fully saturated rings. The predicted molar refractivity (Wildman–Crippen MR) is 58.7 cm³/mol. The van der Waals surface area contributed by atoms with Crippen LogP contribution < -0.4 is 11.5 Å². The first-order valence-electron chi connectivity index (χ1n) is 5.07. The molecule has 7 heteroatoms. The van der Waals surface area contributed by atoms with Gasteiger partial charge in [0.1, 0.15) is 12.1 Å². The smallest absolute Gasteiger partial charge is 0.320 e. The van der Waals surface area contributed by atoms with Gasteiger partial charge in [-0.1, -0.05) is 6.42 Å². The van der Waals surface area contributed by atoms with Crippen LogP contribution in [0.15, 0.2) is 0 Å². The van der Waals surface area contributed by atoms with Crippen LogP contribution in [0.3, 0.4) is 0 Å². The van der Waals surface area contributed by atoms with E-state index < -0.39 is 18.1 Å². The average molecular weight is 238 g/mol. The monoisotopic (exact) mass is 238 g/mol. The number of aliphatic hydroxyl groups excluding tert-OH is 3. The normalized spacial score (nSPS) is 11.9. The van der Waals surface area contributed by atoms with E-state index in [1.165, 1.54) is 0 Å². The van der Waals surface area contributed by atoms with Crippen LogP contribution >= 0.6 is 0 Å². The molecule has 0 amide bonds. The summed E-state index contributed by atoms with van der Waals surface area (Å²) in [5.74, 6) is -0.933. The molecule has 0 saturated heterocycles. The molecule has 0 radical (unpaired) electrons. The van der Waals surface area contributed by atoms with Crippen molar-refractivity contribution in [3.63, 3.8) is 0 Å². The number of carbonyl (C=O) groups is 1. The highest BCUT2D eigenvalue weighted by atomic mass is 16.4. The van der Waals surface area contributed by atoms with Crippen molar-refractivity contribution in [1.29, 1.82) is 0 Å². The Bertz CT molecular complexity index is 164. The molecule has 0 aromatic carbocycles. The third-order valence-corrected chi connectivity index (χ3v) is 1.71. The average Bonchev–Trinajstić information content (AvgIpc) is 2.28. The Morgan fingerprint density at radius 1 is 1.19 bits per heavy atom. The molecule has 0 aliphatic rings. The van der Waals surface area contributed by atoms with E-state index in [0.29, 0.717) is 13.0 Å². The first-order valence-corrected chi connectivity index (χ1v) is 5.07. The molecule has 0 saturated carbocycles. The van der Waals surface area contributed by atoms with Gasteiger partial charge in [-0.25, -0.2) is 0 Å². The zero-order valence-corrected chi connectivity index (χ0v) is 9.25. The van der Waals surface area contributed by atoms with Crippen molar-refractivity contribution < 1.29 is 25.2 Å². The third-order valence-electron chi connectivity index (χ3n) is 1.71. The standard InChI is InChI=1S/C6H14N2O2.C3H8O3/c7-4-2-1-3-5(8)6(9)10;4-1-3(6)2-5/h5H,1-4,7-8H2,(H,9,10);3-6H,1-2H2. The number of nitrogens with two attached hydrogens (primary N) is 2. The molecule has 1 atom stereocenters. The second-order valence-electron chi connectivity index (χ2n) is 3.25. The lowest BCUT2D eigenvalue weighted by Gasteiger charge is -2.03. The first kappa shape index (κ1) is 17.7. The van der Waals surface area contributed by atoms with Crippen molar-refractivity contribution in [2.45, 2.75) is 31.4 Å². The lowest BCUT2D eigenvalue weighted by Crippen LogP contribution is -2.29. The number of aliphatic carboxylic acids is 1. The van der Waals surface area contributed by atoms with Gasteiger partial charge in [-0.3, -0.25) is 4.79 Å². The largest absolute Gasteiger partial charge is 0.480 e. The molecule has 0 rings (SSSR count). The zero-order chi connectivity index (χ0) is 13.0. The maximum atomic E-state index is 10.1. The van der Waals surface area contributed by atoms with Gasteiger partial charge < -0.3 is 31.9 Å². The summed E-state index contributed by atoms with van der Waals surface area (Å²) in [5, 5.41) is 32.3. The third kappa shape index (κ3) is 13.3. The van der Waals surface area contributed by atoms with Crippen LogP contribution in [0.4, 0.5) is 0 Å². The summed E-state index contributed by atoms with van der Waals surface area (Å²) in [7, 11) is 0. The maximum Gasteiger partial charge on any atom is 0.320 e. The molecular weight excluding hydrogens is 216 g/mol. The van der Waals surface area contributed by atoms with Crippen LogP contribution in [0, 0.1) is 0 Å². The van der Waals surface area contributed by atoms with Crippen molar-refractivity contribution in [3.8, 4) is 0 Å². The fourth-order valence-electron chi connectivity index (χ4n) is 0.690. The Morgan fingerprint density at radius 2 is 1.69 bits per heavy atom. The molecule has 0 aromatic heterocycles. The zero-order valence-electron chi connectivity index (χ0n) is 9.25. The van der Waals surface area contributed by atoms with Gasteiger partial charge in [0.05, 0.1) is 13.2 Å². The summed E-state index contributed by atoms with van der Waals surface area (Å²) in [6, 6.07) is -0.716. The van der Waals surface area contributed by atoms with Gasteiger partial charge >= 0.3 is 5.97 Å². The summed E-state index contributed by atoms with van der Waals surface area (Å²) in [4.78, 5) is 10.1. The van der Waals surface area contributed by atoms with Crippen molar-refractivity contribution in [2.75, 3.05) is 19.8 Å². The molecule has 98 valence electrons. The Balaban J connectivity index is 0. The van der Waals surface area contributed by atoms with E-state index in [4.69, 9.17) is 31.9 Å². The predicted octanol–water partition coefficient (Wildman–Crippen LogP) is -2.14. The van der Waals surface area contributed by atoms with Gasteiger partial charge in [-0.2, -0.15) is 0 Å². The van der Waals surface area contributed by atoms with E-state index in [9.17, 15) is 4.79 Å². The van der Waals surface area contributed by atoms with Crippen molar-refractivity contribution in [2.24, 2.45) is 11.5 Å². The fraction of sp³-hybridized carbons (Fsp3) is 0.889. The van der Waals surface area contributed by atoms with Gasteiger partial charge in [-0.05, 0) is 19.4 Å². The second-order valence-corrected chi connectivity index (χ2v) is 3.25. The second kappa shape index (κ2) is 12.3. The quantitative estimate of drug-likeness (QED) is 0.277. The van der Waals surface area contributed by atoms with Gasteiger partial charge in [0, 0.05) is 0 Å². The van der Waals surface area contributed by atoms with Crippen molar-refractivity contribution >= 4 is 5.97 Å². The topological polar surface area (TPSA) is 150 Å². The molecule has 0 aliphatic heterocycles. The minimum absolute atomic E-state index is 0.365. The first-order chi connectivity index (χ1) is 7.49. The van der Waals surface area contributed by atoms with E-state index in [2.05, 4.69) is 0 Å². The Kier molecular flexibility index (Phi) is 13.6. The molecule has 0 bridgehead atoms. The molecule has 0 heterocycles. The summed E-state index contributed by atoms with van der Waals surface area (Å²) >= 11 is 0. The van der Waals surface area contributed by atoms with Crippen LogP contribution in [0.5, 0.6) is 0 Å². The van der Waals surface area contributed by atoms with E-state index in [1.807, 2.05) is 0 Å². The summed E-state index contributed by atoms with van der Waals surface area (Å²) in [6.07, 6.45) is 1.21. The van der Waals surface area contributed by atoms with Crippen LogP contribution in [-0.4, -0.2) is 58.3 Å². The Hall–Kier alpha value is -0.730. The number of hydrogen-bond acceptors (Lipinski definition) is 6. The number of aliphatic hydroxyl groups is 3. The molecule has 7 nitrogen and oxygen atoms in total. The maximum absolute atomic E-state index is 10.1. The number of carboxylic acids is 1. The molecule has 0 aliphatic carbocycles. The van der Waals surface area contributed by atoms with Crippen LogP contribution in [0.1, 0.15) is 19.3 Å².